The Morgan fingerprint density at radius 2 is 2.12 bits per heavy atom. The van der Waals surface area contributed by atoms with Crippen LogP contribution in [0.4, 0.5) is 0 Å². The lowest BCUT2D eigenvalue weighted by atomic mass is 10.2. The fraction of sp³-hybridized carbons (Fsp3) is 0.529. The highest BCUT2D eigenvalue weighted by atomic mass is 127. The van der Waals surface area contributed by atoms with Gasteiger partial charge in [0.1, 0.15) is 0 Å². The Balaban J connectivity index is 0.00000312. The van der Waals surface area contributed by atoms with Crippen LogP contribution < -0.4 is 10.6 Å². The predicted octanol–water partition coefficient (Wildman–Crippen LogP) is 3.68. The highest BCUT2D eigenvalue weighted by molar-refractivity contribution is 14.0. The van der Waals surface area contributed by atoms with Crippen LogP contribution in [0.15, 0.2) is 23.2 Å². The fourth-order valence-electron chi connectivity index (χ4n) is 2.57. The number of carbonyl (C=O) groups excluding carboxylic acids is 1. The number of benzene rings is 1. The van der Waals surface area contributed by atoms with Crippen molar-refractivity contribution in [2.24, 2.45) is 4.99 Å². The Kier molecular flexibility index (Phi) is 10.5. The molecule has 0 unspecified atom stereocenters. The summed E-state index contributed by atoms with van der Waals surface area (Å²) in [6.45, 7) is 5.75. The summed E-state index contributed by atoms with van der Waals surface area (Å²) >= 11 is 12.1. The van der Waals surface area contributed by atoms with E-state index in [0.29, 0.717) is 23.0 Å². The molecule has 0 atom stereocenters. The van der Waals surface area contributed by atoms with Crippen LogP contribution in [-0.4, -0.2) is 42.9 Å². The second-order valence-corrected chi connectivity index (χ2v) is 6.54. The van der Waals surface area contributed by atoms with Gasteiger partial charge in [0.25, 0.3) is 0 Å². The molecule has 1 saturated heterocycles. The number of nitrogens with zero attached hydrogens (tertiary/aromatic N) is 2. The summed E-state index contributed by atoms with van der Waals surface area (Å²) in [6, 6.07) is 5.42. The number of amides is 1. The molecule has 1 amide bonds. The van der Waals surface area contributed by atoms with Crippen molar-refractivity contribution in [2.75, 3.05) is 26.2 Å². The second-order valence-electron chi connectivity index (χ2n) is 5.70. The molecule has 0 saturated carbocycles. The first kappa shape index (κ1) is 22.3. The van der Waals surface area contributed by atoms with Crippen LogP contribution in [0, 0.1) is 0 Å². The van der Waals surface area contributed by atoms with Crippen LogP contribution in [0.2, 0.25) is 10.0 Å². The van der Waals surface area contributed by atoms with Gasteiger partial charge in [0.05, 0.1) is 6.54 Å². The molecule has 140 valence electrons. The molecule has 25 heavy (non-hydrogen) atoms. The highest BCUT2D eigenvalue weighted by Gasteiger charge is 2.18. The van der Waals surface area contributed by atoms with E-state index in [9.17, 15) is 4.79 Å². The molecule has 0 bridgehead atoms. The lowest BCUT2D eigenvalue weighted by molar-refractivity contribution is -0.127. The topological polar surface area (TPSA) is 56.7 Å². The summed E-state index contributed by atoms with van der Waals surface area (Å²) < 4.78 is 0. The first-order valence-corrected chi connectivity index (χ1v) is 9.09. The van der Waals surface area contributed by atoms with Gasteiger partial charge in [0.2, 0.25) is 5.91 Å². The maximum atomic E-state index is 11.6. The Bertz CT molecular complexity index is 598. The maximum Gasteiger partial charge on any atom is 0.222 e. The van der Waals surface area contributed by atoms with E-state index in [-0.39, 0.29) is 29.9 Å². The summed E-state index contributed by atoms with van der Waals surface area (Å²) in [5.41, 5.74) is 0.931. The quantitative estimate of drug-likeness (QED) is 0.261. The molecule has 8 heteroatoms. The molecular weight excluding hydrogens is 474 g/mol. The van der Waals surface area contributed by atoms with E-state index in [2.05, 4.69) is 15.6 Å². The SMILES string of the molecule is CCNC(=NCc1ccc(Cl)cc1Cl)NCCCN1CCCC1=O.I. The van der Waals surface area contributed by atoms with E-state index in [1.165, 1.54) is 0 Å². The van der Waals surface area contributed by atoms with Crippen LogP contribution >= 0.6 is 47.2 Å². The van der Waals surface area contributed by atoms with Crippen molar-refractivity contribution in [3.8, 4) is 0 Å². The Labute approximate surface area is 176 Å². The van der Waals surface area contributed by atoms with Crippen LogP contribution in [0.3, 0.4) is 0 Å². The summed E-state index contributed by atoms with van der Waals surface area (Å²) in [5, 5.41) is 7.74. The van der Waals surface area contributed by atoms with E-state index in [1.54, 1.807) is 6.07 Å². The van der Waals surface area contributed by atoms with Crippen molar-refractivity contribution in [2.45, 2.75) is 32.7 Å². The molecule has 0 radical (unpaired) electrons. The minimum absolute atomic E-state index is 0. The number of rotatable bonds is 7. The largest absolute Gasteiger partial charge is 0.357 e. The summed E-state index contributed by atoms with van der Waals surface area (Å²) in [5.74, 6) is 1.02. The lowest BCUT2D eigenvalue weighted by Gasteiger charge is -2.16. The summed E-state index contributed by atoms with van der Waals surface area (Å²) in [4.78, 5) is 18.0. The standard InChI is InChI=1S/C17H24Cl2N4O.HI/c1-2-20-17(21-8-4-10-23-9-3-5-16(23)24)22-12-13-6-7-14(18)11-15(13)19;/h6-7,11H,2-5,8-10,12H2,1H3,(H2,20,21,22);1H. The number of carbonyl (C=O) groups is 1. The third-order valence-electron chi connectivity index (χ3n) is 3.84. The van der Waals surface area contributed by atoms with Gasteiger partial charge >= 0.3 is 0 Å². The first-order valence-electron chi connectivity index (χ1n) is 8.34. The molecule has 1 aliphatic rings. The molecule has 1 aromatic carbocycles. The minimum Gasteiger partial charge on any atom is -0.357 e. The van der Waals surface area contributed by atoms with Crippen molar-refractivity contribution in [3.05, 3.63) is 33.8 Å². The first-order chi connectivity index (χ1) is 11.6. The average molecular weight is 499 g/mol. The molecule has 0 aromatic heterocycles. The normalized spacial score (nSPS) is 14.4. The zero-order valence-corrected chi connectivity index (χ0v) is 18.2. The summed E-state index contributed by atoms with van der Waals surface area (Å²) in [6.07, 6.45) is 2.58. The second kappa shape index (κ2) is 11.8. The Morgan fingerprint density at radius 3 is 2.76 bits per heavy atom. The Hall–Kier alpha value is -0.730. The zero-order chi connectivity index (χ0) is 17.4. The van der Waals surface area contributed by atoms with E-state index < -0.39 is 0 Å². The van der Waals surface area contributed by atoms with Gasteiger partial charge in [-0.3, -0.25) is 4.79 Å². The minimum atomic E-state index is 0. The molecular formula is C17H25Cl2IN4O. The van der Waals surface area contributed by atoms with Crippen molar-refractivity contribution in [1.29, 1.82) is 0 Å². The molecule has 0 aliphatic carbocycles. The van der Waals surface area contributed by atoms with Gasteiger partial charge in [-0.1, -0.05) is 29.3 Å². The van der Waals surface area contributed by atoms with Gasteiger partial charge < -0.3 is 15.5 Å². The molecule has 2 N–H and O–H groups in total. The van der Waals surface area contributed by atoms with Gasteiger partial charge in [-0.2, -0.15) is 0 Å². The molecule has 5 nitrogen and oxygen atoms in total. The zero-order valence-electron chi connectivity index (χ0n) is 14.4. The summed E-state index contributed by atoms with van der Waals surface area (Å²) in [7, 11) is 0. The average Bonchev–Trinajstić information content (AvgIpc) is 2.95. The third kappa shape index (κ3) is 7.58. The number of aliphatic imine (C=N–C) groups is 1. The molecule has 2 rings (SSSR count). The predicted molar refractivity (Wildman–Crippen MR) is 115 cm³/mol. The fourth-order valence-corrected chi connectivity index (χ4v) is 3.04. The van der Waals surface area contributed by atoms with Crippen LogP contribution in [0.5, 0.6) is 0 Å². The Morgan fingerprint density at radius 1 is 1.32 bits per heavy atom. The van der Waals surface area contributed by atoms with E-state index >= 15 is 0 Å². The third-order valence-corrected chi connectivity index (χ3v) is 4.42. The maximum absolute atomic E-state index is 11.6. The van der Waals surface area contributed by atoms with E-state index in [0.717, 1.165) is 50.5 Å². The molecule has 1 heterocycles. The van der Waals surface area contributed by atoms with Gasteiger partial charge in [-0.25, -0.2) is 4.99 Å². The van der Waals surface area contributed by atoms with Crippen molar-refractivity contribution in [3.63, 3.8) is 0 Å². The van der Waals surface area contributed by atoms with Crippen molar-refractivity contribution >= 4 is 59.0 Å². The number of likely N-dealkylation sites (tertiary alicyclic amines) is 1. The molecule has 0 spiro atoms. The number of guanidine groups is 1. The monoisotopic (exact) mass is 498 g/mol. The number of hydrogen-bond donors (Lipinski definition) is 2. The van der Waals surface area contributed by atoms with Crippen LogP contribution in [-0.2, 0) is 11.3 Å². The van der Waals surface area contributed by atoms with E-state index in [1.807, 2.05) is 24.0 Å². The number of hydrogen-bond acceptors (Lipinski definition) is 2. The molecule has 1 aliphatic heterocycles. The van der Waals surface area contributed by atoms with Crippen LogP contribution in [0.25, 0.3) is 0 Å². The van der Waals surface area contributed by atoms with Gasteiger partial charge in [-0.05, 0) is 37.5 Å². The van der Waals surface area contributed by atoms with E-state index in [4.69, 9.17) is 23.2 Å². The van der Waals surface area contributed by atoms with Crippen LogP contribution in [0.1, 0.15) is 31.7 Å². The van der Waals surface area contributed by atoms with Gasteiger partial charge in [0, 0.05) is 42.6 Å². The molecule has 1 fully saturated rings. The van der Waals surface area contributed by atoms with Crippen molar-refractivity contribution in [1.82, 2.24) is 15.5 Å². The van der Waals surface area contributed by atoms with Crippen molar-refractivity contribution < 1.29 is 4.79 Å². The van der Waals surface area contributed by atoms with Gasteiger partial charge in [-0.15, -0.1) is 24.0 Å². The highest BCUT2D eigenvalue weighted by Crippen LogP contribution is 2.21. The molecule has 1 aromatic rings. The van der Waals surface area contributed by atoms with Gasteiger partial charge in [0.15, 0.2) is 5.96 Å². The number of nitrogens with one attached hydrogen (secondary N) is 2. The lowest BCUT2D eigenvalue weighted by Crippen LogP contribution is -2.39. The number of halogens is 3. The smallest absolute Gasteiger partial charge is 0.222 e.